The van der Waals surface area contributed by atoms with Crippen LogP contribution in [0.15, 0.2) is 73.1 Å². The number of rotatable bonds is 0. The van der Waals surface area contributed by atoms with Gasteiger partial charge in [-0.3, -0.25) is 4.55 Å². The van der Waals surface area contributed by atoms with E-state index >= 15 is 0 Å². The lowest BCUT2D eigenvalue weighted by molar-refractivity contribution is -0.510. The summed E-state index contributed by atoms with van der Waals surface area (Å²) in [5.74, 6) is 0. The van der Waals surface area contributed by atoms with Crippen molar-refractivity contribution in [2.45, 2.75) is 17.4 Å². The number of fused-ring (bicyclic) bond motifs is 8. The van der Waals surface area contributed by atoms with E-state index < -0.39 is 31.3 Å². The normalized spacial score (nSPS) is 14.9. The van der Waals surface area contributed by atoms with E-state index in [2.05, 4.69) is 88.4 Å². The number of pyridine rings is 2. The minimum absolute atomic E-state index is 1.00. The fourth-order valence-corrected chi connectivity index (χ4v) is 4.62. The Morgan fingerprint density at radius 2 is 1.45 bits per heavy atom. The number of alkyl halides is 6. The van der Waals surface area contributed by atoms with E-state index in [4.69, 9.17) is 25.9 Å². The van der Waals surface area contributed by atoms with Gasteiger partial charge in [0.05, 0.1) is 11.1 Å². The maximum Gasteiger partial charge on any atom is 0.522 e. The molecule has 6 rings (SSSR count). The Labute approximate surface area is 234 Å². The second-order valence-corrected chi connectivity index (χ2v) is 11.8. The summed E-state index contributed by atoms with van der Waals surface area (Å²) in [4.78, 5) is 2.55. The Kier molecular flexibility index (Phi) is 8.30. The van der Waals surface area contributed by atoms with Gasteiger partial charge in [0.1, 0.15) is 0 Å². The number of hydrogen-bond donors (Lipinski definition) is 1. The van der Waals surface area contributed by atoms with Gasteiger partial charge in [0.25, 0.3) is 0 Å². The smallest absolute Gasteiger partial charge is 0.522 e. The maximum atomic E-state index is 10.7. The third-order valence-corrected chi connectivity index (χ3v) is 7.57. The van der Waals surface area contributed by atoms with Crippen LogP contribution in [0.3, 0.4) is 0 Å². The lowest BCUT2D eigenvalue weighted by Crippen LogP contribution is -2.44. The molecule has 0 bridgehead atoms. The standard InChI is InChI=1S/C24H19N2.2CHF3O3S/c1-2-6-20-17(5-1)10-15-26-16-12-19-9-8-18-11-14-25-13-4-3-7-21(25)22(18)23(19)24(20)26;2*2-1(3,4)8(5,6)7/h1-9,11-14H,10,15-16H2;2*(H,5,6,7)/q+1;;/p-1. The molecule has 8 nitrogen and oxygen atoms in total. The third kappa shape index (κ3) is 6.35. The molecule has 2 aliphatic rings. The molecule has 0 saturated heterocycles. The largest absolute Gasteiger partial charge is 0.741 e. The lowest BCUT2D eigenvalue weighted by atomic mass is 9.91. The molecule has 2 aromatic carbocycles. The molecule has 16 heteroatoms. The molecule has 0 atom stereocenters. The van der Waals surface area contributed by atoms with Gasteiger partial charge >= 0.3 is 21.1 Å². The first-order chi connectivity index (χ1) is 19.4. The van der Waals surface area contributed by atoms with Gasteiger partial charge in [0.15, 0.2) is 22.5 Å². The maximum absolute atomic E-state index is 10.7. The Bertz CT molecular complexity index is 1970. The van der Waals surface area contributed by atoms with Crippen molar-refractivity contribution >= 4 is 48.3 Å². The SMILES string of the molecule is C1=c2ccc3cc[n+]4ccccc4c3c2=C2c3ccccc3CCN2C1.O=S(=O)(O)C(F)(F)F.O=S(=O)([O-])C(F)(F)F. The van der Waals surface area contributed by atoms with E-state index in [9.17, 15) is 26.3 Å². The second kappa shape index (κ2) is 11.2. The number of hydrogen-bond acceptors (Lipinski definition) is 6. The molecule has 2 aromatic heterocycles. The monoisotopic (exact) mass is 634 g/mol. The van der Waals surface area contributed by atoms with Gasteiger partial charge in [-0.05, 0) is 28.7 Å². The van der Waals surface area contributed by atoms with Gasteiger partial charge in [0, 0.05) is 42.1 Å². The van der Waals surface area contributed by atoms with E-state index in [0.717, 1.165) is 19.5 Å². The molecular formula is C26H20F6N2O6S2. The van der Waals surface area contributed by atoms with Gasteiger partial charge in [-0.2, -0.15) is 39.2 Å². The molecule has 4 heterocycles. The zero-order chi connectivity index (χ0) is 31.1. The fraction of sp³-hybridized carbons (Fsp3) is 0.192. The van der Waals surface area contributed by atoms with Crippen LogP contribution >= 0.6 is 0 Å². The first-order valence-electron chi connectivity index (χ1n) is 11.9. The molecule has 1 N–H and O–H groups in total. The van der Waals surface area contributed by atoms with E-state index in [-0.39, 0.29) is 0 Å². The minimum atomic E-state index is -6.09. The highest BCUT2D eigenvalue weighted by molar-refractivity contribution is 7.86. The average molecular weight is 635 g/mol. The van der Waals surface area contributed by atoms with Crippen LogP contribution in [0.25, 0.3) is 28.1 Å². The van der Waals surface area contributed by atoms with Crippen LogP contribution in [0, 0.1) is 0 Å². The Balaban J connectivity index is 0.000000211. The molecule has 224 valence electrons. The molecule has 42 heavy (non-hydrogen) atoms. The molecule has 0 amide bonds. The lowest BCUT2D eigenvalue weighted by Gasteiger charge is -2.34. The molecule has 0 radical (unpaired) electrons. The third-order valence-electron chi connectivity index (χ3n) is 6.41. The van der Waals surface area contributed by atoms with Crippen LogP contribution in [-0.2, 0) is 26.7 Å². The van der Waals surface area contributed by atoms with Gasteiger partial charge in [0.2, 0.25) is 5.52 Å². The van der Waals surface area contributed by atoms with Gasteiger partial charge in [-0.25, -0.2) is 8.42 Å². The van der Waals surface area contributed by atoms with Crippen molar-refractivity contribution in [3.63, 3.8) is 0 Å². The zero-order valence-corrected chi connectivity index (χ0v) is 22.7. The summed E-state index contributed by atoms with van der Waals surface area (Å²) in [5.41, 5.74) is -5.63. The van der Waals surface area contributed by atoms with Crippen LogP contribution < -0.4 is 14.8 Å². The minimum Gasteiger partial charge on any atom is -0.741 e. The quantitative estimate of drug-likeness (QED) is 0.104. The number of halogens is 6. The second-order valence-electron chi connectivity index (χ2n) is 9.03. The summed E-state index contributed by atoms with van der Waals surface area (Å²) < 4.78 is 119. The molecule has 0 unspecified atom stereocenters. The van der Waals surface area contributed by atoms with Crippen molar-refractivity contribution in [2.75, 3.05) is 13.1 Å². The molecule has 0 saturated carbocycles. The van der Waals surface area contributed by atoms with Crippen LogP contribution in [-0.4, -0.2) is 54.9 Å². The van der Waals surface area contributed by atoms with Crippen molar-refractivity contribution in [1.29, 1.82) is 0 Å². The first kappa shape index (κ1) is 31.2. The van der Waals surface area contributed by atoms with Crippen molar-refractivity contribution in [3.05, 3.63) is 94.6 Å². The van der Waals surface area contributed by atoms with Crippen molar-refractivity contribution in [3.8, 4) is 0 Å². The van der Waals surface area contributed by atoms with Crippen LogP contribution in [0.1, 0.15) is 11.1 Å². The van der Waals surface area contributed by atoms with Crippen LogP contribution in [0.4, 0.5) is 26.3 Å². The summed E-state index contributed by atoms with van der Waals surface area (Å²) in [6.07, 6.45) is 7.81. The zero-order valence-electron chi connectivity index (χ0n) is 21.1. The first-order valence-corrected chi connectivity index (χ1v) is 14.7. The van der Waals surface area contributed by atoms with Crippen molar-refractivity contribution in [1.82, 2.24) is 4.90 Å². The summed E-state index contributed by atoms with van der Waals surface area (Å²) in [5, 5.41) is 5.42. The number of aromatic nitrogens is 1. The summed E-state index contributed by atoms with van der Waals surface area (Å²) >= 11 is 0. The van der Waals surface area contributed by atoms with Crippen molar-refractivity contribution in [2.24, 2.45) is 0 Å². The highest BCUT2D eigenvalue weighted by Crippen LogP contribution is 2.28. The molecular weight excluding hydrogens is 614 g/mol. The van der Waals surface area contributed by atoms with Crippen LogP contribution in [0.2, 0.25) is 0 Å². The Hall–Kier alpha value is -3.73. The highest BCUT2D eigenvalue weighted by Gasteiger charge is 2.44. The predicted molar refractivity (Wildman–Crippen MR) is 138 cm³/mol. The number of benzene rings is 2. The Morgan fingerprint density at radius 3 is 2.07 bits per heavy atom. The average Bonchev–Trinajstić information content (AvgIpc) is 2.90. The molecule has 0 fully saturated rings. The molecule has 0 aliphatic carbocycles. The van der Waals surface area contributed by atoms with E-state index in [1.54, 1.807) is 0 Å². The van der Waals surface area contributed by atoms with Gasteiger partial charge in [-0.15, -0.1) is 0 Å². The van der Waals surface area contributed by atoms with Gasteiger partial charge < -0.3 is 9.45 Å². The predicted octanol–water partition coefficient (Wildman–Crippen LogP) is 2.83. The van der Waals surface area contributed by atoms with Crippen molar-refractivity contribution < 1.29 is 56.7 Å². The van der Waals surface area contributed by atoms with Crippen LogP contribution in [0.5, 0.6) is 0 Å². The topological polar surface area (TPSA) is 119 Å². The van der Waals surface area contributed by atoms with E-state index in [1.807, 2.05) is 0 Å². The summed E-state index contributed by atoms with van der Waals surface area (Å²) in [7, 11) is -11.9. The Morgan fingerprint density at radius 1 is 0.833 bits per heavy atom. The molecule has 0 spiro atoms. The fourth-order valence-electron chi connectivity index (χ4n) is 4.62. The molecule has 4 aromatic rings. The summed E-state index contributed by atoms with van der Waals surface area (Å²) in [6, 6.07) is 22.2. The number of nitrogens with zero attached hydrogens (tertiary/aromatic N) is 2. The van der Waals surface area contributed by atoms with E-state index in [0.29, 0.717) is 0 Å². The highest BCUT2D eigenvalue weighted by atomic mass is 32.2. The van der Waals surface area contributed by atoms with E-state index in [1.165, 1.54) is 43.6 Å². The summed E-state index contributed by atoms with van der Waals surface area (Å²) in [6.45, 7) is 2.09. The molecule has 2 aliphatic heterocycles. The van der Waals surface area contributed by atoms with Gasteiger partial charge in [-0.1, -0.05) is 42.5 Å².